The number of thiazole rings is 1. The topological polar surface area (TPSA) is 100 Å². The molecule has 0 saturated carbocycles. The van der Waals surface area contributed by atoms with Crippen molar-refractivity contribution in [1.29, 1.82) is 0 Å². The Kier molecular flexibility index (Phi) is 5.68. The van der Waals surface area contributed by atoms with Crippen LogP contribution >= 0.6 is 27.3 Å². The summed E-state index contributed by atoms with van der Waals surface area (Å²) < 4.78 is 1.90. The van der Waals surface area contributed by atoms with E-state index >= 15 is 0 Å². The molecule has 0 aliphatic rings. The van der Waals surface area contributed by atoms with Crippen molar-refractivity contribution in [2.45, 2.75) is 6.54 Å². The zero-order valence-electron chi connectivity index (χ0n) is 14.5. The first-order chi connectivity index (χ1) is 12.8. The van der Waals surface area contributed by atoms with Gasteiger partial charge >= 0.3 is 0 Å². The van der Waals surface area contributed by atoms with Crippen LogP contribution in [0.3, 0.4) is 0 Å². The number of rotatable bonds is 5. The van der Waals surface area contributed by atoms with Gasteiger partial charge in [-0.1, -0.05) is 15.9 Å². The fraction of sp³-hybridized carbons (Fsp3) is 0.176. The minimum absolute atomic E-state index is 0.262. The summed E-state index contributed by atoms with van der Waals surface area (Å²) >= 11 is 4.59. The van der Waals surface area contributed by atoms with E-state index in [1.807, 2.05) is 24.4 Å². The van der Waals surface area contributed by atoms with Crippen LogP contribution in [0.25, 0.3) is 5.69 Å². The summed E-state index contributed by atoms with van der Waals surface area (Å²) in [5, 5.41) is 18.9. The maximum Gasteiger partial charge on any atom is 0.281 e. The molecule has 1 amide bonds. The normalized spacial score (nSPS) is 11.0. The maximum atomic E-state index is 12.5. The number of hydrogen-bond acceptors (Lipinski definition) is 7. The molecule has 0 saturated heterocycles. The Morgan fingerprint density at radius 1 is 1.33 bits per heavy atom. The highest BCUT2D eigenvalue weighted by atomic mass is 79.9. The van der Waals surface area contributed by atoms with Crippen molar-refractivity contribution in [3.05, 3.63) is 61.9 Å². The molecule has 0 aliphatic carbocycles. The number of nitrogens with zero attached hydrogens (tertiary/aromatic N) is 4. The predicted octanol–water partition coefficient (Wildman–Crippen LogP) is 2.47. The number of benzene rings is 1. The third-order valence-corrected chi connectivity index (χ3v) is 4.78. The van der Waals surface area contributed by atoms with Crippen molar-refractivity contribution in [3.63, 3.8) is 0 Å². The summed E-state index contributed by atoms with van der Waals surface area (Å²) in [5.74, 6) is -1.14. The van der Waals surface area contributed by atoms with Crippen LogP contribution in [0.15, 0.2) is 45.0 Å². The molecule has 2 N–H and O–H groups in total. The van der Waals surface area contributed by atoms with E-state index in [4.69, 9.17) is 0 Å². The van der Waals surface area contributed by atoms with Crippen LogP contribution in [0.4, 0.5) is 5.13 Å². The molecule has 2 heterocycles. The summed E-state index contributed by atoms with van der Waals surface area (Å²) in [6, 6.07) is 7.80. The standard InChI is InChI=1S/C17H16BrN5O3S/c1-22(2)8-11-9-27-17(19-11)20-16(26)15-13(24)7-14(25)23(21-15)12-5-3-10(18)4-6-12/h3-7,9,24H,8H2,1-2H3,(H,19,20,26). The number of hydrogen-bond donors (Lipinski definition) is 2. The van der Waals surface area contributed by atoms with Gasteiger partial charge < -0.3 is 10.0 Å². The number of nitrogens with one attached hydrogen (secondary N) is 1. The second kappa shape index (κ2) is 7.99. The van der Waals surface area contributed by atoms with E-state index in [0.29, 0.717) is 17.4 Å². The molecule has 0 spiro atoms. The highest BCUT2D eigenvalue weighted by Crippen LogP contribution is 2.20. The van der Waals surface area contributed by atoms with Crippen LogP contribution in [0.1, 0.15) is 16.2 Å². The van der Waals surface area contributed by atoms with E-state index in [1.54, 1.807) is 24.3 Å². The quantitative estimate of drug-likeness (QED) is 0.620. The van der Waals surface area contributed by atoms with Crippen molar-refractivity contribution < 1.29 is 9.90 Å². The lowest BCUT2D eigenvalue weighted by Gasteiger charge is -2.09. The zero-order valence-corrected chi connectivity index (χ0v) is 16.9. The third kappa shape index (κ3) is 4.59. The van der Waals surface area contributed by atoms with Gasteiger partial charge in [-0.25, -0.2) is 4.98 Å². The first-order valence-corrected chi connectivity index (χ1v) is 9.50. The molecule has 0 fully saturated rings. The summed E-state index contributed by atoms with van der Waals surface area (Å²) in [6.45, 7) is 0.643. The van der Waals surface area contributed by atoms with E-state index in [9.17, 15) is 14.7 Å². The Balaban J connectivity index is 1.88. The van der Waals surface area contributed by atoms with Gasteiger partial charge in [0, 0.05) is 22.5 Å². The molecule has 1 aromatic carbocycles. The van der Waals surface area contributed by atoms with Gasteiger partial charge in [0.05, 0.1) is 11.4 Å². The molecule has 3 rings (SSSR count). The minimum atomic E-state index is -0.649. The Bertz CT molecular complexity index is 1030. The highest BCUT2D eigenvalue weighted by molar-refractivity contribution is 9.10. The van der Waals surface area contributed by atoms with Gasteiger partial charge in [0.25, 0.3) is 11.5 Å². The number of carbonyl (C=O) groups excluding carboxylic acids is 1. The average molecular weight is 450 g/mol. The molecule has 10 heteroatoms. The molecule has 0 unspecified atom stereocenters. The van der Waals surface area contributed by atoms with Gasteiger partial charge in [-0.05, 0) is 38.4 Å². The first kappa shape index (κ1) is 19.2. The Morgan fingerprint density at radius 2 is 2.04 bits per heavy atom. The number of aromatic nitrogens is 3. The molecule has 140 valence electrons. The van der Waals surface area contributed by atoms with Crippen LogP contribution in [-0.4, -0.2) is 44.8 Å². The lowest BCUT2D eigenvalue weighted by atomic mass is 10.3. The molecular formula is C17H16BrN5O3S. The van der Waals surface area contributed by atoms with Crippen molar-refractivity contribution in [1.82, 2.24) is 19.7 Å². The maximum absolute atomic E-state index is 12.5. The zero-order chi connectivity index (χ0) is 19.6. The van der Waals surface area contributed by atoms with Crippen molar-refractivity contribution in [3.8, 4) is 11.4 Å². The lowest BCUT2D eigenvalue weighted by molar-refractivity contribution is 0.101. The lowest BCUT2D eigenvalue weighted by Crippen LogP contribution is -2.25. The Hall–Kier alpha value is -2.56. The van der Waals surface area contributed by atoms with Crippen LogP contribution in [0.5, 0.6) is 5.75 Å². The number of carbonyl (C=O) groups is 1. The van der Waals surface area contributed by atoms with E-state index in [-0.39, 0.29) is 5.69 Å². The second-order valence-electron chi connectivity index (χ2n) is 5.94. The largest absolute Gasteiger partial charge is 0.505 e. The molecule has 3 aromatic rings. The fourth-order valence-electron chi connectivity index (χ4n) is 2.29. The van der Waals surface area contributed by atoms with Gasteiger partial charge in [0.15, 0.2) is 16.6 Å². The predicted molar refractivity (Wildman–Crippen MR) is 107 cm³/mol. The van der Waals surface area contributed by atoms with Crippen LogP contribution < -0.4 is 10.9 Å². The Morgan fingerprint density at radius 3 is 2.70 bits per heavy atom. The molecular weight excluding hydrogens is 434 g/mol. The number of halogens is 1. The van der Waals surface area contributed by atoms with Crippen LogP contribution in [0, 0.1) is 0 Å². The second-order valence-corrected chi connectivity index (χ2v) is 7.71. The van der Waals surface area contributed by atoms with E-state index < -0.39 is 17.2 Å². The summed E-state index contributed by atoms with van der Waals surface area (Å²) in [5.41, 5.74) is 0.479. The van der Waals surface area contributed by atoms with Gasteiger partial charge in [-0.3, -0.25) is 14.9 Å². The Labute approximate surface area is 167 Å². The summed E-state index contributed by atoms with van der Waals surface area (Å²) in [7, 11) is 3.84. The van der Waals surface area contributed by atoms with Gasteiger partial charge in [0.2, 0.25) is 0 Å². The van der Waals surface area contributed by atoms with Crippen molar-refractivity contribution in [2.24, 2.45) is 0 Å². The van der Waals surface area contributed by atoms with Crippen LogP contribution in [0.2, 0.25) is 0 Å². The third-order valence-electron chi connectivity index (χ3n) is 3.45. The first-order valence-electron chi connectivity index (χ1n) is 7.83. The molecule has 2 aromatic heterocycles. The number of amides is 1. The van der Waals surface area contributed by atoms with Gasteiger partial charge in [-0.15, -0.1) is 11.3 Å². The molecule has 8 nitrogen and oxygen atoms in total. The van der Waals surface area contributed by atoms with Crippen molar-refractivity contribution >= 4 is 38.3 Å². The molecule has 0 radical (unpaired) electrons. The minimum Gasteiger partial charge on any atom is -0.505 e. The fourth-order valence-corrected chi connectivity index (χ4v) is 3.25. The van der Waals surface area contributed by atoms with E-state index in [2.05, 4.69) is 31.3 Å². The smallest absolute Gasteiger partial charge is 0.281 e. The SMILES string of the molecule is CN(C)Cc1csc(NC(=O)c2nn(-c3ccc(Br)cc3)c(=O)cc2O)n1. The van der Waals surface area contributed by atoms with Crippen molar-refractivity contribution in [2.75, 3.05) is 19.4 Å². The average Bonchev–Trinajstić information content (AvgIpc) is 3.02. The van der Waals surface area contributed by atoms with Crippen LogP contribution in [-0.2, 0) is 6.54 Å². The molecule has 0 aliphatic heterocycles. The highest BCUT2D eigenvalue weighted by Gasteiger charge is 2.18. The van der Waals surface area contributed by atoms with E-state index in [0.717, 1.165) is 20.9 Å². The summed E-state index contributed by atoms with van der Waals surface area (Å²) in [6.07, 6.45) is 0. The number of aromatic hydroxyl groups is 1. The molecule has 0 atom stereocenters. The summed E-state index contributed by atoms with van der Waals surface area (Å²) in [4.78, 5) is 30.9. The molecule has 0 bridgehead atoms. The van der Waals surface area contributed by atoms with Gasteiger partial charge in [-0.2, -0.15) is 9.78 Å². The number of anilines is 1. The monoisotopic (exact) mass is 449 g/mol. The molecule has 27 heavy (non-hydrogen) atoms. The van der Waals surface area contributed by atoms with E-state index in [1.165, 1.54) is 11.3 Å². The van der Waals surface area contributed by atoms with Gasteiger partial charge in [0.1, 0.15) is 0 Å².